The van der Waals surface area contributed by atoms with Gasteiger partial charge >= 0.3 is 0 Å². The van der Waals surface area contributed by atoms with Crippen LogP contribution in [0.5, 0.6) is 0 Å². The fraction of sp³-hybridized carbons (Fsp3) is 0. The fourth-order valence-corrected chi connectivity index (χ4v) is 2.16. The van der Waals surface area contributed by atoms with Crippen molar-refractivity contribution in [3.63, 3.8) is 0 Å². The van der Waals surface area contributed by atoms with Gasteiger partial charge in [0.15, 0.2) is 0 Å². The fourth-order valence-electron chi connectivity index (χ4n) is 1.68. The number of hydrogen-bond donors (Lipinski definition) is 3. The number of amides is 1. The number of nitrogens with two attached hydrogens (primary N) is 1. The van der Waals surface area contributed by atoms with Crippen LogP contribution in [0.3, 0.4) is 0 Å². The highest BCUT2D eigenvalue weighted by molar-refractivity contribution is 9.10. The molecule has 0 bridgehead atoms. The zero-order valence-corrected chi connectivity index (χ0v) is 11.9. The molecule has 0 aliphatic carbocycles. The maximum Gasteiger partial charge on any atom is 0.257 e. The van der Waals surface area contributed by atoms with Crippen LogP contribution in [0.25, 0.3) is 0 Å². The summed E-state index contributed by atoms with van der Waals surface area (Å²) in [6.07, 6.45) is 0. The Labute approximate surface area is 124 Å². The number of nitrogens with one attached hydrogen (secondary N) is 2. The molecule has 0 unspecified atom stereocenters. The minimum atomic E-state index is -0.288. The lowest BCUT2D eigenvalue weighted by Gasteiger charge is -2.10. The van der Waals surface area contributed by atoms with Gasteiger partial charge in [-0.1, -0.05) is 12.1 Å². The van der Waals surface area contributed by atoms with Crippen LogP contribution in [0.2, 0.25) is 0 Å². The summed E-state index contributed by atoms with van der Waals surface area (Å²) in [7, 11) is 0. The van der Waals surface area contributed by atoms with E-state index in [1.54, 1.807) is 42.5 Å². The molecule has 0 radical (unpaired) electrons. The van der Waals surface area contributed by atoms with E-state index in [-0.39, 0.29) is 5.91 Å². The van der Waals surface area contributed by atoms with Gasteiger partial charge in [0.2, 0.25) is 0 Å². The van der Waals surface area contributed by atoms with Gasteiger partial charge in [-0.05, 0) is 46.3 Å². The molecule has 4 N–H and O–H groups in total. The van der Waals surface area contributed by atoms with Crippen LogP contribution in [-0.4, -0.2) is 5.91 Å². The van der Waals surface area contributed by atoms with Gasteiger partial charge in [-0.15, -0.1) is 0 Å². The highest BCUT2D eigenvalue weighted by Gasteiger charge is 2.12. The van der Waals surface area contributed by atoms with Gasteiger partial charge in [0.05, 0.1) is 28.6 Å². The summed E-state index contributed by atoms with van der Waals surface area (Å²) in [6, 6.07) is 13.9. The highest BCUT2D eigenvalue weighted by Crippen LogP contribution is 2.25. The van der Waals surface area contributed by atoms with Gasteiger partial charge in [-0.3, -0.25) is 10.6 Å². The van der Waals surface area contributed by atoms with E-state index in [9.17, 15) is 4.79 Å². The number of benzene rings is 2. The Hall–Kier alpha value is -2.36. The number of nitriles is 1. The van der Waals surface area contributed by atoms with E-state index in [4.69, 9.17) is 11.1 Å². The minimum absolute atomic E-state index is 0.288. The zero-order chi connectivity index (χ0) is 14.5. The molecule has 0 saturated carbocycles. The van der Waals surface area contributed by atoms with E-state index in [2.05, 4.69) is 26.7 Å². The third kappa shape index (κ3) is 2.96. The van der Waals surface area contributed by atoms with E-state index in [1.165, 1.54) is 0 Å². The summed E-state index contributed by atoms with van der Waals surface area (Å²) in [4.78, 5) is 12.2. The monoisotopic (exact) mass is 330 g/mol. The van der Waals surface area contributed by atoms with Crippen LogP contribution in [0.15, 0.2) is 46.9 Å². The first-order valence-corrected chi connectivity index (χ1v) is 6.51. The number of anilines is 2. The Morgan fingerprint density at radius 3 is 2.60 bits per heavy atom. The SMILES string of the molecule is N#Cc1ccc(NC(=O)c2ccccc2NN)c(Br)c1. The van der Waals surface area contributed by atoms with Gasteiger partial charge in [-0.2, -0.15) is 5.26 Å². The molecule has 1 amide bonds. The summed E-state index contributed by atoms with van der Waals surface area (Å²) in [5.41, 5.74) is 4.55. The second-order valence-electron chi connectivity index (χ2n) is 3.95. The van der Waals surface area contributed by atoms with Crippen molar-refractivity contribution >= 4 is 33.2 Å². The molecule has 5 nitrogen and oxygen atoms in total. The quantitative estimate of drug-likeness (QED) is 0.596. The number of hydrogen-bond acceptors (Lipinski definition) is 4. The molecule has 0 atom stereocenters. The largest absolute Gasteiger partial charge is 0.323 e. The first-order chi connectivity index (χ1) is 9.65. The normalized spacial score (nSPS) is 9.65. The van der Waals surface area contributed by atoms with Crippen molar-refractivity contribution in [2.45, 2.75) is 0 Å². The van der Waals surface area contributed by atoms with E-state index in [1.807, 2.05) is 6.07 Å². The predicted octanol–water partition coefficient (Wildman–Crippen LogP) is 2.86. The number of para-hydroxylation sites is 1. The zero-order valence-electron chi connectivity index (χ0n) is 10.4. The highest BCUT2D eigenvalue weighted by atomic mass is 79.9. The van der Waals surface area contributed by atoms with Gasteiger partial charge in [0.25, 0.3) is 5.91 Å². The molecule has 0 aromatic heterocycles. The molecule has 2 rings (SSSR count). The number of carbonyl (C=O) groups excluding carboxylic acids is 1. The van der Waals surface area contributed by atoms with Crippen molar-refractivity contribution in [1.82, 2.24) is 0 Å². The first-order valence-electron chi connectivity index (χ1n) is 5.72. The van der Waals surface area contributed by atoms with Crippen molar-refractivity contribution in [2.24, 2.45) is 5.84 Å². The number of nitrogens with zero attached hydrogens (tertiary/aromatic N) is 1. The number of halogens is 1. The van der Waals surface area contributed by atoms with Crippen molar-refractivity contribution < 1.29 is 4.79 Å². The molecule has 0 aliphatic heterocycles. The van der Waals surface area contributed by atoms with Crippen LogP contribution in [0.4, 0.5) is 11.4 Å². The van der Waals surface area contributed by atoms with Gasteiger partial charge in [0.1, 0.15) is 0 Å². The molecule has 0 fully saturated rings. The maximum absolute atomic E-state index is 12.2. The molecule has 2 aromatic carbocycles. The second-order valence-corrected chi connectivity index (χ2v) is 4.80. The Morgan fingerprint density at radius 2 is 1.95 bits per heavy atom. The topological polar surface area (TPSA) is 90.9 Å². The van der Waals surface area contributed by atoms with E-state index in [0.717, 1.165) is 0 Å². The summed E-state index contributed by atoms with van der Waals surface area (Å²) < 4.78 is 0.642. The van der Waals surface area contributed by atoms with Crippen molar-refractivity contribution in [1.29, 1.82) is 5.26 Å². The maximum atomic E-state index is 12.2. The molecular weight excluding hydrogens is 320 g/mol. The molecular formula is C14H11BrN4O. The van der Waals surface area contributed by atoms with Crippen molar-refractivity contribution in [3.8, 4) is 6.07 Å². The molecule has 0 heterocycles. The van der Waals surface area contributed by atoms with E-state index in [0.29, 0.717) is 27.0 Å². The second kappa shape index (κ2) is 6.19. The molecule has 20 heavy (non-hydrogen) atoms. The lowest BCUT2D eigenvalue weighted by molar-refractivity contribution is 0.102. The molecule has 6 heteroatoms. The van der Waals surface area contributed by atoms with E-state index < -0.39 is 0 Å². The summed E-state index contributed by atoms with van der Waals surface area (Å²) in [6.45, 7) is 0. The first kappa shape index (κ1) is 14.1. The van der Waals surface area contributed by atoms with Crippen molar-refractivity contribution in [2.75, 3.05) is 10.7 Å². The van der Waals surface area contributed by atoms with Crippen LogP contribution in [-0.2, 0) is 0 Å². The van der Waals surface area contributed by atoms with Crippen molar-refractivity contribution in [3.05, 3.63) is 58.1 Å². The third-order valence-electron chi connectivity index (χ3n) is 2.67. The van der Waals surface area contributed by atoms with E-state index >= 15 is 0 Å². The third-order valence-corrected chi connectivity index (χ3v) is 3.33. The van der Waals surface area contributed by atoms with Crippen LogP contribution in [0.1, 0.15) is 15.9 Å². The predicted molar refractivity (Wildman–Crippen MR) is 81.1 cm³/mol. The minimum Gasteiger partial charge on any atom is -0.323 e. The molecule has 0 aliphatic rings. The Kier molecular flexibility index (Phi) is 4.35. The standard InChI is InChI=1S/C14H11BrN4O/c15-11-7-9(8-16)5-6-13(11)18-14(20)10-3-1-2-4-12(10)19-17/h1-7,19H,17H2,(H,18,20). The molecule has 2 aromatic rings. The lowest BCUT2D eigenvalue weighted by Crippen LogP contribution is -2.17. The van der Waals surface area contributed by atoms with Gasteiger partial charge in [0, 0.05) is 4.47 Å². The number of hydrazine groups is 1. The van der Waals surface area contributed by atoms with Gasteiger partial charge in [-0.25, -0.2) is 0 Å². The molecule has 0 saturated heterocycles. The smallest absolute Gasteiger partial charge is 0.257 e. The Bertz CT molecular complexity index is 694. The van der Waals surface area contributed by atoms with Crippen LogP contribution < -0.4 is 16.6 Å². The number of nitrogen functional groups attached to an aromatic ring is 1. The Morgan fingerprint density at radius 1 is 1.20 bits per heavy atom. The summed E-state index contributed by atoms with van der Waals surface area (Å²) in [5, 5.41) is 11.6. The van der Waals surface area contributed by atoms with Gasteiger partial charge < -0.3 is 10.7 Å². The summed E-state index contributed by atoms with van der Waals surface area (Å²) >= 11 is 3.32. The average Bonchev–Trinajstić information content (AvgIpc) is 2.49. The number of rotatable bonds is 3. The molecule has 0 spiro atoms. The lowest BCUT2D eigenvalue weighted by atomic mass is 10.1. The number of carbonyl (C=O) groups is 1. The summed E-state index contributed by atoms with van der Waals surface area (Å²) in [5.74, 6) is 5.09. The molecule has 100 valence electrons. The van der Waals surface area contributed by atoms with Crippen LogP contribution in [0, 0.1) is 11.3 Å². The average molecular weight is 331 g/mol. The Balaban J connectivity index is 2.26. The van der Waals surface area contributed by atoms with Crippen LogP contribution >= 0.6 is 15.9 Å².